The zero-order valence-electron chi connectivity index (χ0n) is 17.4. The van der Waals surface area contributed by atoms with Crippen LogP contribution < -0.4 is 5.32 Å². The van der Waals surface area contributed by atoms with E-state index in [4.69, 9.17) is 0 Å². The van der Waals surface area contributed by atoms with Gasteiger partial charge in [0.05, 0.1) is 24.5 Å². The first-order valence-corrected chi connectivity index (χ1v) is 9.40. The summed E-state index contributed by atoms with van der Waals surface area (Å²) in [7, 11) is 0. The highest BCUT2D eigenvalue weighted by Crippen LogP contribution is 2.27. The Morgan fingerprint density at radius 3 is 2.52 bits per heavy atom. The molecular weight excluding hydrogens is 413 g/mol. The normalized spacial score (nSPS) is 14.0. The third-order valence-corrected chi connectivity index (χ3v) is 4.93. The fourth-order valence-electron chi connectivity index (χ4n) is 2.74. The van der Waals surface area contributed by atoms with Crippen LogP contribution in [-0.4, -0.2) is 46.4 Å². The van der Waals surface area contributed by atoms with Crippen molar-refractivity contribution in [2.75, 3.05) is 5.32 Å². The van der Waals surface area contributed by atoms with Crippen molar-refractivity contribution in [3.8, 4) is 11.3 Å². The summed E-state index contributed by atoms with van der Waals surface area (Å²) in [5, 5.41) is 31.5. The van der Waals surface area contributed by atoms with E-state index in [0.29, 0.717) is 23.1 Å². The van der Waals surface area contributed by atoms with Crippen LogP contribution in [0.5, 0.6) is 0 Å². The molecule has 3 rings (SSSR count). The monoisotopic (exact) mass is 436 g/mol. The number of anilines is 2. The van der Waals surface area contributed by atoms with Crippen molar-refractivity contribution in [2.45, 2.75) is 51.9 Å². The average Bonchev–Trinajstić information content (AvgIpc) is 3.09. The summed E-state index contributed by atoms with van der Waals surface area (Å²) in [4.78, 5) is 7.24. The molecule has 31 heavy (non-hydrogen) atoms. The van der Waals surface area contributed by atoms with E-state index in [1.54, 1.807) is 18.3 Å². The lowest BCUT2D eigenvalue weighted by Crippen LogP contribution is -2.50. The molecule has 0 aliphatic carbocycles. The van der Waals surface area contributed by atoms with Gasteiger partial charge in [-0.3, -0.25) is 0 Å². The number of rotatable bonds is 7. The average molecular weight is 436 g/mol. The van der Waals surface area contributed by atoms with Crippen molar-refractivity contribution in [1.29, 1.82) is 0 Å². The smallest absolute Gasteiger partial charge is 0.283 e. The number of hydrogen-bond donors (Lipinski definition) is 3. The van der Waals surface area contributed by atoms with E-state index in [0.717, 1.165) is 5.56 Å². The maximum Gasteiger partial charge on any atom is 0.283 e. The molecule has 0 aliphatic heterocycles. The van der Waals surface area contributed by atoms with Gasteiger partial charge in [0.25, 0.3) is 6.43 Å². The van der Waals surface area contributed by atoms with E-state index in [2.05, 4.69) is 25.6 Å². The van der Waals surface area contributed by atoms with E-state index in [1.807, 2.05) is 13.0 Å². The molecule has 0 spiro atoms. The van der Waals surface area contributed by atoms with E-state index in [1.165, 1.54) is 25.5 Å². The number of nitrogens with one attached hydrogen (secondary N) is 1. The lowest BCUT2D eigenvalue weighted by atomic mass is 9.88. The molecule has 2 heterocycles. The number of alkyl halides is 2. The molecule has 3 aromatic rings. The number of aromatic nitrogens is 5. The van der Waals surface area contributed by atoms with Gasteiger partial charge in [0.15, 0.2) is 5.82 Å². The van der Waals surface area contributed by atoms with Crippen LogP contribution >= 0.6 is 0 Å². The molecule has 3 N–H and O–H groups in total. The Bertz CT molecular complexity index is 1080. The van der Waals surface area contributed by atoms with Crippen molar-refractivity contribution in [2.24, 2.45) is 0 Å². The maximum absolute atomic E-state index is 13.4. The first-order valence-electron chi connectivity index (χ1n) is 9.40. The molecule has 1 unspecified atom stereocenters. The quantitative estimate of drug-likeness (QED) is 0.521. The molecule has 1 aromatic carbocycles. The zero-order chi connectivity index (χ0) is 23.0. The number of aliphatic hydroxyl groups is 2. The predicted molar refractivity (Wildman–Crippen MR) is 107 cm³/mol. The topological polar surface area (TPSA) is 109 Å². The molecule has 166 valence electrons. The molecule has 0 amide bonds. The van der Waals surface area contributed by atoms with Crippen molar-refractivity contribution in [3.63, 3.8) is 0 Å². The van der Waals surface area contributed by atoms with E-state index in [9.17, 15) is 23.4 Å². The third-order valence-electron chi connectivity index (χ3n) is 4.93. The third kappa shape index (κ3) is 5.17. The standard InChI is InChI=1S/C20H23F3N6O2/c1-11-5-12(15-9-29(28-27-15)10-20(4,31)19(2,3)30)7-13(6-11)25-18-24-8-14(21)16(26-18)17(22)23/h5-9,17,30-31H,10H2,1-4H3,(H,24,25,26). The van der Waals surface area contributed by atoms with Gasteiger partial charge in [0, 0.05) is 11.3 Å². The number of benzene rings is 1. The highest BCUT2D eigenvalue weighted by molar-refractivity contribution is 5.68. The molecule has 0 aliphatic rings. The van der Waals surface area contributed by atoms with Crippen LogP contribution in [0.2, 0.25) is 0 Å². The van der Waals surface area contributed by atoms with Crippen LogP contribution in [0.3, 0.4) is 0 Å². The van der Waals surface area contributed by atoms with Crippen LogP contribution in [0.25, 0.3) is 11.3 Å². The molecule has 8 nitrogen and oxygen atoms in total. The summed E-state index contributed by atoms with van der Waals surface area (Å²) >= 11 is 0. The minimum atomic E-state index is -3.06. The predicted octanol–water partition coefficient (Wildman–Crippen LogP) is 3.39. The molecule has 0 bridgehead atoms. The fourth-order valence-corrected chi connectivity index (χ4v) is 2.74. The first kappa shape index (κ1) is 22.6. The zero-order valence-corrected chi connectivity index (χ0v) is 17.4. The maximum atomic E-state index is 13.4. The summed E-state index contributed by atoms with van der Waals surface area (Å²) < 4.78 is 40.6. The van der Waals surface area contributed by atoms with Gasteiger partial charge in [-0.15, -0.1) is 5.10 Å². The van der Waals surface area contributed by atoms with Crippen molar-refractivity contribution >= 4 is 11.6 Å². The van der Waals surface area contributed by atoms with Gasteiger partial charge < -0.3 is 15.5 Å². The van der Waals surface area contributed by atoms with Crippen molar-refractivity contribution < 1.29 is 23.4 Å². The van der Waals surface area contributed by atoms with E-state index >= 15 is 0 Å². The minimum Gasteiger partial charge on any atom is -0.387 e. The minimum absolute atomic E-state index is 0.0141. The largest absolute Gasteiger partial charge is 0.387 e. The van der Waals surface area contributed by atoms with E-state index < -0.39 is 29.1 Å². The van der Waals surface area contributed by atoms with Gasteiger partial charge >= 0.3 is 0 Å². The lowest BCUT2D eigenvalue weighted by Gasteiger charge is -2.35. The van der Waals surface area contributed by atoms with Gasteiger partial charge in [0.1, 0.15) is 17.0 Å². The van der Waals surface area contributed by atoms with Crippen LogP contribution in [0, 0.1) is 12.7 Å². The van der Waals surface area contributed by atoms with Gasteiger partial charge in [-0.2, -0.15) is 0 Å². The highest BCUT2D eigenvalue weighted by Gasteiger charge is 2.38. The Morgan fingerprint density at radius 1 is 1.16 bits per heavy atom. The molecule has 0 saturated heterocycles. The van der Waals surface area contributed by atoms with Gasteiger partial charge in [0.2, 0.25) is 5.95 Å². The Kier molecular flexibility index (Phi) is 6.01. The van der Waals surface area contributed by atoms with Gasteiger partial charge in [-0.1, -0.05) is 5.21 Å². The Labute approximate surface area is 176 Å². The second-order valence-electron chi connectivity index (χ2n) is 8.07. The second-order valence-corrected chi connectivity index (χ2v) is 8.07. The molecule has 0 fully saturated rings. The van der Waals surface area contributed by atoms with E-state index in [-0.39, 0.29) is 12.5 Å². The number of hydrogen-bond acceptors (Lipinski definition) is 7. The SMILES string of the molecule is Cc1cc(Nc2ncc(F)c(C(F)F)n2)cc(-c2cn(CC(C)(O)C(C)(C)O)nn2)c1. The lowest BCUT2D eigenvalue weighted by molar-refractivity contribution is -0.129. The highest BCUT2D eigenvalue weighted by atomic mass is 19.3. The second kappa shape index (κ2) is 8.23. The number of aryl methyl sites for hydroxylation is 1. The summed E-state index contributed by atoms with van der Waals surface area (Å²) in [6, 6.07) is 5.26. The molecule has 11 heteroatoms. The van der Waals surface area contributed by atoms with Gasteiger partial charge in [-0.25, -0.2) is 27.8 Å². The summed E-state index contributed by atoms with van der Waals surface area (Å²) in [6.45, 7) is 6.34. The number of halogens is 3. The fraction of sp³-hybridized carbons (Fsp3) is 0.400. The van der Waals surface area contributed by atoms with Crippen molar-refractivity contribution in [3.05, 3.63) is 47.7 Å². The summed E-state index contributed by atoms with van der Waals surface area (Å²) in [5.74, 6) is -1.35. The van der Waals surface area contributed by atoms with Crippen molar-refractivity contribution in [1.82, 2.24) is 25.0 Å². The molecular formula is C20H23F3N6O2. The van der Waals surface area contributed by atoms with Crippen LogP contribution in [-0.2, 0) is 6.54 Å². The van der Waals surface area contributed by atoms with Crippen LogP contribution in [0.4, 0.5) is 24.8 Å². The van der Waals surface area contributed by atoms with Crippen LogP contribution in [0.1, 0.15) is 38.5 Å². The molecule has 0 radical (unpaired) electrons. The first-order chi connectivity index (χ1) is 14.4. The summed E-state index contributed by atoms with van der Waals surface area (Å²) in [5.41, 5.74) is -1.31. The van der Waals surface area contributed by atoms with Crippen LogP contribution in [0.15, 0.2) is 30.6 Å². The molecule has 2 aromatic heterocycles. The number of nitrogens with zero attached hydrogens (tertiary/aromatic N) is 5. The summed E-state index contributed by atoms with van der Waals surface area (Å²) in [6.07, 6.45) is -0.761. The Morgan fingerprint density at radius 2 is 1.87 bits per heavy atom. The Balaban J connectivity index is 1.86. The van der Waals surface area contributed by atoms with Gasteiger partial charge in [-0.05, 0) is 51.5 Å². The molecule has 1 atom stereocenters. The Hall–Kier alpha value is -3.05. The molecule has 0 saturated carbocycles.